The zero-order chi connectivity index (χ0) is 11.1. The van der Waals surface area contributed by atoms with Crippen LogP contribution in [0.15, 0.2) is 0 Å². The maximum atomic E-state index is 5.25. The number of thiocarbonyl (C=S) groups is 1. The molecule has 1 aliphatic rings. The van der Waals surface area contributed by atoms with Gasteiger partial charge >= 0.3 is 0 Å². The second kappa shape index (κ2) is 7.04. The summed E-state index contributed by atoms with van der Waals surface area (Å²) in [6.07, 6.45) is 7.78. The van der Waals surface area contributed by atoms with E-state index in [2.05, 4.69) is 24.5 Å². The Morgan fingerprint density at radius 1 is 1.33 bits per heavy atom. The van der Waals surface area contributed by atoms with Gasteiger partial charge in [0.2, 0.25) is 0 Å². The molecule has 0 bridgehead atoms. The van der Waals surface area contributed by atoms with Gasteiger partial charge in [-0.15, -0.1) is 0 Å². The number of nitrogens with one attached hydrogen (secondary N) is 2. The smallest absolute Gasteiger partial charge is 0.166 e. The summed E-state index contributed by atoms with van der Waals surface area (Å²) < 4.78 is 0. The molecule has 2 N–H and O–H groups in total. The minimum absolute atomic E-state index is 0.612. The van der Waals surface area contributed by atoms with E-state index in [1.54, 1.807) is 0 Å². The van der Waals surface area contributed by atoms with E-state index in [4.69, 9.17) is 12.2 Å². The predicted molar refractivity (Wildman–Crippen MR) is 70.1 cm³/mol. The maximum Gasteiger partial charge on any atom is 0.166 e. The quantitative estimate of drug-likeness (QED) is 0.724. The minimum Gasteiger partial charge on any atom is -0.363 e. The van der Waals surface area contributed by atoms with E-state index in [-0.39, 0.29) is 0 Å². The Kier molecular flexibility index (Phi) is 5.99. The first-order valence-corrected chi connectivity index (χ1v) is 6.71. The molecular formula is C12H24N2S. The molecule has 2 atom stereocenters. The van der Waals surface area contributed by atoms with Crippen molar-refractivity contribution in [2.45, 2.75) is 58.4 Å². The second-order valence-electron chi connectivity index (χ2n) is 4.54. The van der Waals surface area contributed by atoms with Crippen molar-refractivity contribution in [1.82, 2.24) is 10.6 Å². The monoisotopic (exact) mass is 228 g/mol. The molecule has 88 valence electrons. The highest BCUT2D eigenvalue weighted by Gasteiger charge is 2.20. The molecule has 1 saturated carbocycles. The molecule has 1 fully saturated rings. The summed E-state index contributed by atoms with van der Waals surface area (Å²) >= 11 is 5.25. The topological polar surface area (TPSA) is 24.1 Å². The van der Waals surface area contributed by atoms with Crippen molar-refractivity contribution in [3.8, 4) is 0 Å². The van der Waals surface area contributed by atoms with Crippen LogP contribution in [-0.2, 0) is 0 Å². The van der Waals surface area contributed by atoms with Gasteiger partial charge in [0.25, 0.3) is 0 Å². The summed E-state index contributed by atoms with van der Waals surface area (Å²) in [7, 11) is 0. The molecule has 15 heavy (non-hydrogen) atoms. The van der Waals surface area contributed by atoms with Crippen molar-refractivity contribution in [2.24, 2.45) is 5.92 Å². The minimum atomic E-state index is 0.612. The predicted octanol–water partition coefficient (Wildman–Crippen LogP) is 2.83. The van der Waals surface area contributed by atoms with Gasteiger partial charge in [-0.05, 0) is 37.4 Å². The molecule has 0 aromatic heterocycles. The highest BCUT2D eigenvalue weighted by atomic mass is 32.1. The first-order chi connectivity index (χ1) is 7.26. The fourth-order valence-electron chi connectivity index (χ4n) is 2.27. The van der Waals surface area contributed by atoms with E-state index in [9.17, 15) is 0 Å². The van der Waals surface area contributed by atoms with Gasteiger partial charge in [0, 0.05) is 12.6 Å². The van der Waals surface area contributed by atoms with Crippen LogP contribution in [0.2, 0.25) is 0 Å². The fraction of sp³-hybridized carbons (Fsp3) is 0.917. The molecular weight excluding hydrogens is 204 g/mol. The van der Waals surface area contributed by atoms with E-state index in [0.717, 1.165) is 24.0 Å². The molecule has 2 unspecified atom stereocenters. The van der Waals surface area contributed by atoms with Crippen LogP contribution < -0.4 is 10.6 Å². The summed E-state index contributed by atoms with van der Waals surface area (Å²) in [5.74, 6) is 0.908. The highest BCUT2D eigenvalue weighted by Crippen LogP contribution is 2.26. The fourth-order valence-corrected chi connectivity index (χ4v) is 2.54. The van der Waals surface area contributed by atoms with E-state index >= 15 is 0 Å². The molecule has 2 nitrogen and oxygen atoms in total. The second-order valence-corrected chi connectivity index (χ2v) is 4.95. The molecule has 3 heteroatoms. The molecule has 0 aromatic rings. The summed E-state index contributed by atoms with van der Waals surface area (Å²) in [6, 6.07) is 0.612. The van der Waals surface area contributed by atoms with Crippen molar-refractivity contribution in [3.63, 3.8) is 0 Å². The van der Waals surface area contributed by atoms with Gasteiger partial charge in [-0.3, -0.25) is 0 Å². The number of rotatable bonds is 4. The van der Waals surface area contributed by atoms with Crippen LogP contribution >= 0.6 is 12.2 Å². The first kappa shape index (κ1) is 12.8. The van der Waals surface area contributed by atoms with Crippen LogP contribution in [-0.4, -0.2) is 17.7 Å². The summed E-state index contributed by atoms with van der Waals surface area (Å²) in [4.78, 5) is 0. The Bertz CT molecular complexity index is 194. The Morgan fingerprint density at radius 2 is 2.13 bits per heavy atom. The van der Waals surface area contributed by atoms with Crippen molar-refractivity contribution < 1.29 is 0 Å². The van der Waals surface area contributed by atoms with Crippen molar-refractivity contribution in [1.29, 1.82) is 0 Å². The number of hydrogen-bond donors (Lipinski definition) is 2. The average Bonchev–Trinajstić information content (AvgIpc) is 2.26. The zero-order valence-electron chi connectivity index (χ0n) is 10.0. The summed E-state index contributed by atoms with van der Waals surface area (Å²) in [5, 5.41) is 7.52. The standard InChI is InChI=1S/C12H24N2S/c1-3-8-13-12(15)14-11-7-5-6-10(4-2)9-11/h10-11H,3-9H2,1-2H3,(H2,13,14,15). The van der Waals surface area contributed by atoms with Crippen molar-refractivity contribution in [3.05, 3.63) is 0 Å². The third-order valence-electron chi connectivity index (χ3n) is 3.23. The third kappa shape index (κ3) is 4.83. The lowest BCUT2D eigenvalue weighted by atomic mass is 9.84. The lowest BCUT2D eigenvalue weighted by molar-refractivity contribution is 0.299. The van der Waals surface area contributed by atoms with Crippen LogP contribution in [0.4, 0.5) is 0 Å². The summed E-state index contributed by atoms with van der Waals surface area (Å²) in [6.45, 7) is 5.43. The lowest BCUT2D eigenvalue weighted by Crippen LogP contribution is -2.44. The Labute approximate surface area is 99.2 Å². The normalized spacial score (nSPS) is 26.0. The molecule has 0 aromatic carbocycles. The molecule has 0 saturated heterocycles. The van der Waals surface area contributed by atoms with Crippen LogP contribution in [0.5, 0.6) is 0 Å². The molecule has 0 spiro atoms. The Morgan fingerprint density at radius 3 is 2.80 bits per heavy atom. The van der Waals surface area contributed by atoms with Gasteiger partial charge in [-0.25, -0.2) is 0 Å². The van der Waals surface area contributed by atoms with Crippen LogP contribution in [0.25, 0.3) is 0 Å². The summed E-state index contributed by atoms with van der Waals surface area (Å²) in [5.41, 5.74) is 0. The molecule has 1 rings (SSSR count). The van der Waals surface area contributed by atoms with Gasteiger partial charge in [-0.2, -0.15) is 0 Å². The van der Waals surface area contributed by atoms with Crippen LogP contribution in [0.3, 0.4) is 0 Å². The molecule has 1 aliphatic carbocycles. The SMILES string of the molecule is CCCNC(=S)NC1CCCC(CC)C1. The van der Waals surface area contributed by atoms with Gasteiger partial charge in [-0.1, -0.05) is 33.1 Å². The van der Waals surface area contributed by atoms with Gasteiger partial charge in [0.1, 0.15) is 0 Å². The van der Waals surface area contributed by atoms with E-state index in [0.29, 0.717) is 6.04 Å². The highest BCUT2D eigenvalue weighted by molar-refractivity contribution is 7.80. The molecule has 0 aliphatic heterocycles. The largest absolute Gasteiger partial charge is 0.363 e. The Hall–Kier alpha value is -0.310. The number of hydrogen-bond acceptors (Lipinski definition) is 1. The molecule has 0 amide bonds. The van der Waals surface area contributed by atoms with E-state index in [1.807, 2.05) is 0 Å². The lowest BCUT2D eigenvalue weighted by Gasteiger charge is -2.30. The van der Waals surface area contributed by atoms with Crippen molar-refractivity contribution in [2.75, 3.05) is 6.54 Å². The van der Waals surface area contributed by atoms with Gasteiger partial charge in [0.15, 0.2) is 5.11 Å². The van der Waals surface area contributed by atoms with Gasteiger partial charge < -0.3 is 10.6 Å². The van der Waals surface area contributed by atoms with Gasteiger partial charge in [0.05, 0.1) is 0 Å². The zero-order valence-corrected chi connectivity index (χ0v) is 10.8. The average molecular weight is 228 g/mol. The van der Waals surface area contributed by atoms with E-state index < -0.39 is 0 Å². The third-order valence-corrected chi connectivity index (χ3v) is 3.49. The van der Waals surface area contributed by atoms with Crippen molar-refractivity contribution >= 4 is 17.3 Å². The Balaban J connectivity index is 2.22. The van der Waals surface area contributed by atoms with Crippen LogP contribution in [0, 0.1) is 5.92 Å². The van der Waals surface area contributed by atoms with E-state index in [1.165, 1.54) is 32.1 Å². The van der Waals surface area contributed by atoms with Crippen LogP contribution in [0.1, 0.15) is 52.4 Å². The maximum absolute atomic E-state index is 5.25. The first-order valence-electron chi connectivity index (χ1n) is 6.30. The molecule has 0 radical (unpaired) electrons. The molecule has 0 heterocycles.